The summed E-state index contributed by atoms with van der Waals surface area (Å²) in [4.78, 5) is 13.0. The summed E-state index contributed by atoms with van der Waals surface area (Å²) in [6.45, 7) is 3.75. The van der Waals surface area contributed by atoms with Gasteiger partial charge in [0, 0.05) is 22.1 Å². The van der Waals surface area contributed by atoms with Gasteiger partial charge in [-0.25, -0.2) is 0 Å². The van der Waals surface area contributed by atoms with Gasteiger partial charge in [-0.15, -0.1) is 11.8 Å². The van der Waals surface area contributed by atoms with Gasteiger partial charge in [0.15, 0.2) is 0 Å². The normalized spacial score (nSPS) is 10.6. The molecule has 0 fully saturated rings. The number of thioether (sulfide) groups is 1. The van der Waals surface area contributed by atoms with Crippen LogP contribution < -0.4 is 5.32 Å². The SMILES string of the molecule is Cc1n[nH]c(C)c1NC(=O)CCSc1ccc(Cl)cc1. The maximum atomic E-state index is 11.9. The molecule has 6 heteroatoms. The number of benzene rings is 1. The van der Waals surface area contributed by atoms with Gasteiger partial charge in [0.2, 0.25) is 5.91 Å². The second kappa shape index (κ2) is 6.81. The molecule has 0 atom stereocenters. The van der Waals surface area contributed by atoms with Crippen LogP contribution in [0.15, 0.2) is 29.2 Å². The number of amides is 1. The molecule has 0 aliphatic rings. The van der Waals surface area contributed by atoms with E-state index < -0.39 is 0 Å². The lowest BCUT2D eigenvalue weighted by molar-refractivity contribution is -0.115. The molecule has 106 valence electrons. The molecule has 2 aromatic rings. The molecule has 0 saturated heterocycles. The van der Waals surface area contributed by atoms with Crippen molar-refractivity contribution in [1.82, 2.24) is 10.2 Å². The standard InChI is InChI=1S/C14H16ClN3OS/c1-9-14(10(2)18-17-9)16-13(19)7-8-20-12-5-3-11(15)4-6-12/h3-6H,7-8H2,1-2H3,(H,16,19)(H,17,18). The third-order valence-electron chi connectivity index (χ3n) is 2.80. The summed E-state index contributed by atoms with van der Waals surface area (Å²) >= 11 is 7.46. The number of H-pyrrole nitrogens is 1. The fraction of sp³-hybridized carbons (Fsp3) is 0.286. The number of hydrogen-bond acceptors (Lipinski definition) is 3. The highest BCUT2D eigenvalue weighted by atomic mass is 35.5. The molecule has 0 spiro atoms. The number of nitrogens with one attached hydrogen (secondary N) is 2. The Morgan fingerprint density at radius 3 is 2.65 bits per heavy atom. The second-order valence-corrected chi connectivity index (χ2v) is 6.01. The van der Waals surface area contributed by atoms with Crippen LogP contribution in [0, 0.1) is 13.8 Å². The summed E-state index contributed by atoms with van der Waals surface area (Å²) < 4.78 is 0. The van der Waals surface area contributed by atoms with Crippen LogP contribution in [0.2, 0.25) is 5.02 Å². The van der Waals surface area contributed by atoms with Crippen LogP contribution in [0.5, 0.6) is 0 Å². The Labute approximate surface area is 127 Å². The highest BCUT2D eigenvalue weighted by molar-refractivity contribution is 7.99. The number of aromatic amines is 1. The summed E-state index contributed by atoms with van der Waals surface area (Å²) in [5, 5.41) is 10.5. The highest BCUT2D eigenvalue weighted by Gasteiger charge is 2.09. The number of carbonyl (C=O) groups is 1. The van der Waals surface area contributed by atoms with Crippen LogP contribution >= 0.6 is 23.4 Å². The number of hydrogen-bond donors (Lipinski definition) is 2. The van der Waals surface area contributed by atoms with Crippen molar-refractivity contribution in [2.45, 2.75) is 25.2 Å². The predicted octanol–water partition coefficient (Wildman–Crippen LogP) is 3.80. The van der Waals surface area contributed by atoms with E-state index in [1.165, 1.54) is 0 Å². The van der Waals surface area contributed by atoms with Crippen molar-refractivity contribution in [1.29, 1.82) is 0 Å². The minimum Gasteiger partial charge on any atom is -0.323 e. The molecule has 1 heterocycles. The molecule has 0 radical (unpaired) electrons. The molecule has 2 N–H and O–H groups in total. The van der Waals surface area contributed by atoms with E-state index >= 15 is 0 Å². The lowest BCUT2D eigenvalue weighted by atomic mass is 10.3. The highest BCUT2D eigenvalue weighted by Crippen LogP contribution is 2.21. The maximum absolute atomic E-state index is 11.9. The van der Waals surface area contributed by atoms with E-state index in [2.05, 4.69) is 15.5 Å². The fourth-order valence-electron chi connectivity index (χ4n) is 1.73. The average molecular weight is 310 g/mol. The van der Waals surface area contributed by atoms with Gasteiger partial charge in [-0.2, -0.15) is 5.10 Å². The van der Waals surface area contributed by atoms with E-state index in [1.807, 2.05) is 38.1 Å². The van der Waals surface area contributed by atoms with Gasteiger partial charge in [0.05, 0.1) is 17.1 Å². The molecule has 1 aromatic heterocycles. The van der Waals surface area contributed by atoms with E-state index in [9.17, 15) is 4.79 Å². The predicted molar refractivity (Wildman–Crippen MR) is 83.5 cm³/mol. The zero-order chi connectivity index (χ0) is 14.5. The average Bonchev–Trinajstić information content (AvgIpc) is 2.73. The first-order valence-electron chi connectivity index (χ1n) is 6.26. The van der Waals surface area contributed by atoms with Crippen molar-refractivity contribution in [3.05, 3.63) is 40.7 Å². The molecule has 2 rings (SSSR count). The van der Waals surface area contributed by atoms with Gasteiger partial charge in [-0.05, 0) is 38.1 Å². The zero-order valence-electron chi connectivity index (χ0n) is 11.4. The van der Waals surface area contributed by atoms with Crippen LogP contribution in [-0.2, 0) is 4.79 Å². The summed E-state index contributed by atoms with van der Waals surface area (Å²) in [6, 6.07) is 7.61. The van der Waals surface area contributed by atoms with Crippen molar-refractivity contribution in [3.8, 4) is 0 Å². The molecule has 20 heavy (non-hydrogen) atoms. The Morgan fingerprint density at radius 1 is 1.35 bits per heavy atom. The van der Waals surface area contributed by atoms with E-state index in [-0.39, 0.29) is 5.91 Å². The Balaban J connectivity index is 1.80. The van der Waals surface area contributed by atoms with Crippen LogP contribution in [0.3, 0.4) is 0 Å². The summed E-state index contributed by atoms with van der Waals surface area (Å²) in [7, 11) is 0. The lowest BCUT2D eigenvalue weighted by Gasteiger charge is -2.05. The van der Waals surface area contributed by atoms with Gasteiger partial charge in [-0.3, -0.25) is 9.89 Å². The number of rotatable bonds is 5. The van der Waals surface area contributed by atoms with E-state index in [0.717, 1.165) is 32.7 Å². The second-order valence-electron chi connectivity index (χ2n) is 4.41. The minimum absolute atomic E-state index is 0.000867. The molecular formula is C14H16ClN3OS. The monoisotopic (exact) mass is 309 g/mol. The molecule has 0 aliphatic carbocycles. The largest absolute Gasteiger partial charge is 0.323 e. The van der Waals surface area contributed by atoms with Crippen molar-refractivity contribution >= 4 is 35.0 Å². The van der Waals surface area contributed by atoms with Crippen LogP contribution in [0.1, 0.15) is 17.8 Å². The lowest BCUT2D eigenvalue weighted by Crippen LogP contribution is -2.13. The topological polar surface area (TPSA) is 57.8 Å². The Morgan fingerprint density at radius 2 is 2.05 bits per heavy atom. The van der Waals surface area contributed by atoms with Crippen molar-refractivity contribution in [2.75, 3.05) is 11.1 Å². The summed E-state index contributed by atoms with van der Waals surface area (Å²) in [6.07, 6.45) is 0.456. The summed E-state index contributed by atoms with van der Waals surface area (Å²) in [5.74, 6) is 0.725. The van der Waals surface area contributed by atoms with E-state index in [1.54, 1.807) is 11.8 Å². The third-order valence-corrected chi connectivity index (χ3v) is 4.07. The van der Waals surface area contributed by atoms with Crippen molar-refractivity contribution in [3.63, 3.8) is 0 Å². The van der Waals surface area contributed by atoms with Crippen molar-refractivity contribution in [2.24, 2.45) is 0 Å². The molecule has 0 unspecified atom stereocenters. The first-order chi connectivity index (χ1) is 9.56. The number of nitrogens with zero attached hydrogens (tertiary/aromatic N) is 1. The number of carbonyl (C=O) groups excluding carboxylic acids is 1. The number of aryl methyl sites for hydroxylation is 2. The van der Waals surface area contributed by atoms with Gasteiger partial charge in [0.1, 0.15) is 0 Å². The number of halogens is 1. The van der Waals surface area contributed by atoms with Gasteiger partial charge in [0.25, 0.3) is 0 Å². The van der Waals surface area contributed by atoms with E-state index in [4.69, 9.17) is 11.6 Å². The Kier molecular flexibility index (Phi) is 5.09. The molecule has 1 aromatic carbocycles. The van der Waals surface area contributed by atoms with Crippen LogP contribution in [-0.4, -0.2) is 21.9 Å². The fourth-order valence-corrected chi connectivity index (χ4v) is 2.71. The first-order valence-corrected chi connectivity index (χ1v) is 7.62. The molecule has 4 nitrogen and oxygen atoms in total. The van der Waals surface area contributed by atoms with Gasteiger partial charge >= 0.3 is 0 Å². The maximum Gasteiger partial charge on any atom is 0.225 e. The zero-order valence-corrected chi connectivity index (χ0v) is 12.9. The van der Waals surface area contributed by atoms with Gasteiger partial charge < -0.3 is 5.32 Å². The molecule has 1 amide bonds. The Bertz CT molecular complexity index is 575. The first kappa shape index (κ1) is 14.9. The van der Waals surface area contributed by atoms with Crippen LogP contribution in [0.25, 0.3) is 0 Å². The van der Waals surface area contributed by atoms with Crippen molar-refractivity contribution < 1.29 is 4.79 Å². The molecular weight excluding hydrogens is 294 g/mol. The molecule has 0 bridgehead atoms. The number of anilines is 1. The molecule has 0 aliphatic heterocycles. The summed E-state index contributed by atoms with van der Waals surface area (Å²) in [5.41, 5.74) is 2.47. The number of aromatic nitrogens is 2. The van der Waals surface area contributed by atoms with Gasteiger partial charge in [-0.1, -0.05) is 11.6 Å². The third kappa shape index (κ3) is 4.02. The Hall–Kier alpha value is -1.46. The van der Waals surface area contributed by atoms with E-state index in [0.29, 0.717) is 6.42 Å². The smallest absolute Gasteiger partial charge is 0.225 e. The quantitative estimate of drug-likeness (QED) is 0.826. The molecule has 0 saturated carbocycles. The van der Waals surface area contributed by atoms with Crippen LogP contribution in [0.4, 0.5) is 5.69 Å². The minimum atomic E-state index is -0.000867.